The Labute approximate surface area is 166 Å². The second kappa shape index (κ2) is 7.91. The maximum atomic E-state index is 13.3. The van der Waals surface area contributed by atoms with Crippen molar-refractivity contribution in [1.29, 1.82) is 0 Å². The van der Waals surface area contributed by atoms with Crippen LogP contribution in [0.15, 0.2) is 34.1 Å². The van der Waals surface area contributed by atoms with Gasteiger partial charge in [-0.1, -0.05) is 6.07 Å². The number of fused-ring (bicyclic) bond motifs is 1. The van der Waals surface area contributed by atoms with Crippen molar-refractivity contribution < 1.29 is 8.42 Å². The molecule has 1 aromatic carbocycles. The molecule has 1 aromatic heterocycles. The molecule has 1 saturated carbocycles. The van der Waals surface area contributed by atoms with Crippen LogP contribution in [0.5, 0.6) is 0 Å². The number of nitrogens with zero attached hydrogens (tertiary/aromatic N) is 2. The Kier molecular flexibility index (Phi) is 5.96. The molecular formula is C19H26ClN3O3S. The number of benzene rings is 1. The number of halogens is 1. The van der Waals surface area contributed by atoms with Crippen LogP contribution in [-0.4, -0.2) is 43.5 Å². The number of aromatic nitrogens is 1. The third-order valence-electron chi connectivity index (χ3n) is 5.33. The predicted molar refractivity (Wildman–Crippen MR) is 109 cm³/mol. The summed E-state index contributed by atoms with van der Waals surface area (Å²) in [6, 6.07) is 5.07. The monoisotopic (exact) mass is 411 g/mol. The van der Waals surface area contributed by atoms with Gasteiger partial charge in [-0.2, -0.15) is 4.31 Å². The average Bonchev–Trinajstić information content (AvgIpc) is 3.45. The van der Waals surface area contributed by atoms with Gasteiger partial charge in [-0.3, -0.25) is 4.79 Å². The first-order chi connectivity index (χ1) is 12.5. The minimum absolute atomic E-state index is 0. The lowest BCUT2D eigenvalue weighted by atomic mass is 10.1. The zero-order valence-corrected chi connectivity index (χ0v) is 17.1. The summed E-state index contributed by atoms with van der Waals surface area (Å²) in [7, 11) is -3.63. The van der Waals surface area contributed by atoms with Crippen molar-refractivity contribution in [2.24, 2.45) is 5.92 Å². The lowest BCUT2D eigenvalue weighted by Crippen LogP contribution is -2.34. The van der Waals surface area contributed by atoms with Crippen molar-refractivity contribution in [3.05, 3.63) is 40.3 Å². The van der Waals surface area contributed by atoms with Gasteiger partial charge in [0.25, 0.3) is 5.56 Å². The van der Waals surface area contributed by atoms with E-state index in [0.29, 0.717) is 36.3 Å². The summed E-state index contributed by atoms with van der Waals surface area (Å²) in [4.78, 5) is 13.2. The van der Waals surface area contributed by atoms with Gasteiger partial charge in [-0.25, -0.2) is 8.42 Å². The van der Waals surface area contributed by atoms with E-state index in [1.807, 2.05) is 13.1 Å². The van der Waals surface area contributed by atoms with Crippen molar-refractivity contribution >= 4 is 33.2 Å². The first-order valence-corrected chi connectivity index (χ1v) is 10.8. The Bertz CT molecular complexity index is 991. The second-order valence-corrected chi connectivity index (χ2v) is 9.31. The van der Waals surface area contributed by atoms with Gasteiger partial charge in [0.15, 0.2) is 0 Å². The number of hydrogen-bond donors (Lipinski definition) is 1. The normalized spacial score (nSPS) is 18.9. The number of sulfonamides is 1. The number of pyridine rings is 1. The third kappa shape index (κ3) is 3.92. The van der Waals surface area contributed by atoms with Crippen LogP contribution in [0.4, 0.5) is 0 Å². The first-order valence-electron chi connectivity index (χ1n) is 9.32. The van der Waals surface area contributed by atoms with Gasteiger partial charge in [0.05, 0.1) is 4.90 Å². The molecule has 0 radical (unpaired) electrons. The molecule has 2 heterocycles. The summed E-state index contributed by atoms with van der Waals surface area (Å²) >= 11 is 0. The Morgan fingerprint density at radius 1 is 1.19 bits per heavy atom. The average molecular weight is 412 g/mol. The van der Waals surface area contributed by atoms with Crippen molar-refractivity contribution in [3.63, 3.8) is 0 Å². The number of rotatable bonds is 4. The molecule has 0 spiro atoms. The highest BCUT2D eigenvalue weighted by Gasteiger charge is 2.28. The maximum Gasteiger partial charge on any atom is 0.258 e. The van der Waals surface area contributed by atoms with Crippen molar-refractivity contribution in [3.8, 4) is 0 Å². The van der Waals surface area contributed by atoms with E-state index >= 15 is 0 Å². The van der Waals surface area contributed by atoms with Crippen molar-refractivity contribution in [2.45, 2.75) is 37.6 Å². The summed E-state index contributed by atoms with van der Waals surface area (Å²) < 4.78 is 29.8. The van der Waals surface area contributed by atoms with Crippen LogP contribution in [-0.2, 0) is 16.6 Å². The Morgan fingerprint density at radius 3 is 2.70 bits per heavy atom. The van der Waals surface area contributed by atoms with Crippen LogP contribution in [0.3, 0.4) is 0 Å². The quantitative estimate of drug-likeness (QED) is 0.836. The molecule has 0 unspecified atom stereocenters. The molecule has 27 heavy (non-hydrogen) atoms. The third-order valence-corrected chi connectivity index (χ3v) is 7.27. The van der Waals surface area contributed by atoms with E-state index < -0.39 is 10.0 Å². The fourth-order valence-electron chi connectivity index (χ4n) is 3.76. The minimum Gasteiger partial charge on any atom is -0.315 e. The van der Waals surface area contributed by atoms with Gasteiger partial charge in [-0.05, 0) is 56.3 Å². The number of hydrogen-bond acceptors (Lipinski definition) is 4. The zero-order chi connectivity index (χ0) is 18.3. The SMILES string of the molecule is Cc1cn(CC2CC2)c(=O)c2cccc(S(=O)(=O)N3CCCNCC3)c12.Cl. The smallest absolute Gasteiger partial charge is 0.258 e. The van der Waals surface area contributed by atoms with Crippen molar-refractivity contribution in [2.75, 3.05) is 26.2 Å². The van der Waals surface area contributed by atoms with E-state index in [2.05, 4.69) is 5.32 Å². The van der Waals surface area contributed by atoms with Gasteiger partial charge >= 0.3 is 0 Å². The number of nitrogens with one attached hydrogen (secondary N) is 1. The molecule has 0 atom stereocenters. The summed E-state index contributed by atoms with van der Waals surface area (Å²) in [5.41, 5.74) is 0.749. The van der Waals surface area contributed by atoms with Gasteiger partial charge < -0.3 is 9.88 Å². The van der Waals surface area contributed by atoms with Crippen LogP contribution >= 0.6 is 12.4 Å². The van der Waals surface area contributed by atoms with E-state index in [1.54, 1.807) is 22.8 Å². The molecule has 2 aliphatic rings. The molecular weight excluding hydrogens is 386 g/mol. The lowest BCUT2D eigenvalue weighted by Gasteiger charge is -2.21. The fourth-order valence-corrected chi connectivity index (χ4v) is 5.52. The Balaban J connectivity index is 0.00000210. The van der Waals surface area contributed by atoms with Crippen LogP contribution < -0.4 is 10.9 Å². The minimum atomic E-state index is -3.63. The van der Waals surface area contributed by atoms with Gasteiger partial charge in [0, 0.05) is 43.1 Å². The van der Waals surface area contributed by atoms with Crippen LogP contribution in [0.25, 0.3) is 10.8 Å². The molecule has 0 amide bonds. The molecule has 1 saturated heterocycles. The standard InChI is InChI=1S/C19H25N3O3S.ClH/c1-14-12-21(13-15-6-7-15)19(23)16-4-2-5-17(18(14)16)26(24,25)22-10-3-8-20-9-11-22;/h2,4-5,12,15,20H,3,6-11,13H2,1H3;1H. The molecule has 2 fully saturated rings. The molecule has 148 valence electrons. The van der Waals surface area contributed by atoms with E-state index in [0.717, 1.165) is 25.1 Å². The highest BCUT2D eigenvalue weighted by Crippen LogP contribution is 2.31. The molecule has 1 aliphatic carbocycles. The molecule has 8 heteroatoms. The first kappa shape index (κ1) is 20.3. The molecule has 2 aromatic rings. The van der Waals surface area contributed by atoms with Crippen LogP contribution in [0, 0.1) is 12.8 Å². The molecule has 0 bridgehead atoms. The van der Waals surface area contributed by atoms with E-state index in [9.17, 15) is 13.2 Å². The fraction of sp³-hybridized carbons (Fsp3) is 0.526. The second-order valence-electron chi connectivity index (χ2n) is 7.40. The molecule has 6 nitrogen and oxygen atoms in total. The highest BCUT2D eigenvalue weighted by molar-refractivity contribution is 7.89. The largest absolute Gasteiger partial charge is 0.315 e. The summed E-state index contributed by atoms with van der Waals surface area (Å²) in [6.45, 7) is 5.06. The van der Waals surface area contributed by atoms with E-state index in [4.69, 9.17) is 0 Å². The van der Waals surface area contributed by atoms with Crippen molar-refractivity contribution in [1.82, 2.24) is 14.2 Å². The topological polar surface area (TPSA) is 71.4 Å². The molecule has 1 aliphatic heterocycles. The molecule has 4 rings (SSSR count). The highest BCUT2D eigenvalue weighted by atomic mass is 35.5. The van der Waals surface area contributed by atoms with Crippen LogP contribution in [0.1, 0.15) is 24.8 Å². The Hall–Kier alpha value is -1.41. The summed E-state index contributed by atoms with van der Waals surface area (Å²) in [6.07, 6.45) is 4.95. The number of aryl methyl sites for hydroxylation is 1. The maximum absolute atomic E-state index is 13.3. The predicted octanol–water partition coefficient (Wildman–Crippen LogP) is 2.13. The Morgan fingerprint density at radius 2 is 1.96 bits per heavy atom. The lowest BCUT2D eigenvalue weighted by molar-refractivity contribution is 0.432. The van der Waals surface area contributed by atoms with E-state index in [-0.39, 0.29) is 22.9 Å². The van der Waals surface area contributed by atoms with Gasteiger partial charge in [0.1, 0.15) is 0 Å². The zero-order valence-electron chi connectivity index (χ0n) is 15.5. The van der Waals surface area contributed by atoms with Crippen LogP contribution in [0.2, 0.25) is 0 Å². The van der Waals surface area contributed by atoms with E-state index in [1.165, 1.54) is 17.1 Å². The summed E-state index contributed by atoms with van der Waals surface area (Å²) in [5.74, 6) is 0.584. The summed E-state index contributed by atoms with van der Waals surface area (Å²) in [5, 5.41) is 4.30. The molecule has 1 N–H and O–H groups in total. The van der Waals surface area contributed by atoms with Gasteiger partial charge in [0.2, 0.25) is 10.0 Å². The van der Waals surface area contributed by atoms with Gasteiger partial charge in [-0.15, -0.1) is 12.4 Å².